The third-order valence-corrected chi connectivity index (χ3v) is 5.28. The second kappa shape index (κ2) is 13.6. The van der Waals surface area contributed by atoms with Gasteiger partial charge in [-0.05, 0) is 56.4 Å². The molecule has 0 saturated heterocycles. The van der Waals surface area contributed by atoms with Gasteiger partial charge in [0.25, 0.3) is 0 Å². The van der Waals surface area contributed by atoms with Gasteiger partial charge in [0.2, 0.25) is 0 Å². The molecule has 1 rings (SSSR count). The van der Waals surface area contributed by atoms with Gasteiger partial charge in [-0.1, -0.05) is 72.3 Å². The van der Waals surface area contributed by atoms with Crippen molar-refractivity contribution in [3.8, 4) is 5.75 Å². The Morgan fingerprint density at radius 3 is 2.37 bits per heavy atom. The van der Waals surface area contributed by atoms with E-state index in [2.05, 4.69) is 59.4 Å². The minimum absolute atomic E-state index is 0.516. The van der Waals surface area contributed by atoms with Crippen LogP contribution in [0.15, 0.2) is 29.8 Å². The number of nitrogens with zero attached hydrogens (tertiary/aromatic N) is 1. The Hall–Kier alpha value is -1.57. The first kappa shape index (κ1) is 23.5. The quantitative estimate of drug-likeness (QED) is 0.240. The zero-order valence-corrected chi connectivity index (χ0v) is 18.4. The summed E-state index contributed by atoms with van der Waals surface area (Å²) in [5, 5.41) is 0. The predicted molar refractivity (Wildman–Crippen MR) is 121 cm³/mol. The average molecular weight is 372 g/mol. The molecule has 27 heavy (non-hydrogen) atoms. The van der Waals surface area contributed by atoms with E-state index >= 15 is 0 Å². The molecule has 2 nitrogen and oxygen atoms in total. The lowest BCUT2D eigenvalue weighted by molar-refractivity contribution is 0.302. The van der Waals surface area contributed by atoms with Crippen molar-refractivity contribution in [3.05, 3.63) is 35.9 Å². The highest BCUT2D eigenvalue weighted by Crippen LogP contribution is 2.24. The van der Waals surface area contributed by atoms with E-state index in [1.165, 1.54) is 57.1 Å². The van der Waals surface area contributed by atoms with Crippen molar-refractivity contribution in [2.45, 2.75) is 92.4 Å². The molecule has 0 N–H and O–H groups in total. The Labute approximate surface area is 168 Å². The van der Waals surface area contributed by atoms with Crippen molar-refractivity contribution < 1.29 is 4.74 Å². The maximum Gasteiger partial charge on any atom is 0.122 e. The van der Waals surface area contributed by atoms with Crippen LogP contribution < -0.4 is 4.74 Å². The number of hydrogen-bond acceptors (Lipinski definition) is 2. The number of ether oxygens (including phenoxy) is 1. The van der Waals surface area contributed by atoms with Crippen LogP contribution in [0.5, 0.6) is 5.75 Å². The van der Waals surface area contributed by atoms with Gasteiger partial charge in [0, 0.05) is 11.3 Å². The fourth-order valence-corrected chi connectivity index (χ4v) is 3.16. The molecular formula is C25H41NO. The van der Waals surface area contributed by atoms with Crippen LogP contribution in [0, 0.1) is 12.8 Å². The molecule has 0 bridgehead atoms. The molecule has 0 unspecified atom stereocenters. The smallest absolute Gasteiger partial charge is 0.122 e. The van der Waals surface area contributed by atoms with Crippen LogP contribution in [0.25, 0.3) is 5.70 Å². The van der Waals surface area contributed by atoms with Gasteiger partial charge in [-0.3, -0.25) is 4.99 Å². The van der Waals surface area contributed by atoms with Crippen molar-refractivity contribution in [3.63, 3.8) is 0 Å². The lowest BCUT2D eigenvalue weighted by atomic mass is 9.99. The molecular weight excluding hydrogens is 330 g/mol. The van der Waals surface area contributed by atoms with E-state index in [1.54, 1.807) is 0 Å². The summed E-state index contributed by atoms with van der Waals surface area (Å²) in [7, 11) is 0. The molecule has 2 heteroatoms. The maximum absolute atomic E-state index is 5.98. The molecule has 0 aliphatic heterocycles. The molecule has 1 aromatic carbocycles. The van der Waals surface area contributed by atoms with Gasteiger partial charge in [0.15, 0.2) is 0 Å². The Kier molecular flexibility index (Phi) is 11.8. The number of aryl methyl sites for hydroxylation is 1. The van der Waals surface area contributed by atoms with Gasteiger partial charge in [0.1, 0.15) is 5.75 Å². The summed E-state index contributed by atoms with van der Waals surface area (Å²) in [5.41, 5.74) is 4.27. The van der Waals surface area contributed by atoms with Gasteiger partial charge in [-0.25, -0.2) is 0 Å². The number of benzene rings is 1. The van der Waals surface area contributed by atoms with Crippen molar-refractivity contribution in [1.29, 1.82) is 0 Å². The standard InChI is InChI=1S/C25H41NO/c1-7-9-11-12-13-14-18-27-25-17-16-24(19-21(25)4)23(6)26-22(5)20(3)15-10-8-2/h16-17,19-20H,6-15,18H2,1-5H3/t20-/m0/s1. The zero-order chi connectivity index (χ0) is 20.1. The lowest BCUT2D eigenvalue weighted by Crippen LogP contribution is -2.07. The van der Waals surface area contributed by atoms with Crippen molar-refractivity contribution in [2.24, 2.45) is 10.9 Å². The van der Waals surface area contributed by atoms with Crippen LogP contribution in [0.3, 0.4) is 0 Å². The molecule has 0 saturated carbocycles. The van der Waals surface area contributed by atoms with Crippen LogP contribution in [0.1, 0.15) is 96.6 Å². The molecule has 0 aliphatic rings. The monoisotopic (exact) mass is 371 g/mol. The first-order chi connectivity index (χ1) is 13.0. The molecule has 0 radical (unpaired) electrons. The van der Waals surface area contributed by atoms with Crippen molar-refractivity contribution in [1.82, 2.24) is 0 Å². The summed E-state index contributed by atoms with van der Waals surface area (Å²) in [6.45, 7) is 16.0. The predicted octanol–water partition coefficient (Wildman–Crippen LogP) is 7.99. The normalized spacial score (nSPS) is 12.9. The van der Waals surface area contributed by atoms with Crippen molar-refractivity contribution in [2.75, 3.05) is 6.61 Å². The SMILES string of the molecule is C=C(N=C(C)[C@@H](C)CCCC)c1ccc(OCCCCCCCC)c(C)c1. The Balaban J connectivity index is 2.52. The largest absolute Gasteiger partial charge is 0.493 e. The fourth-order valence-electron chi connectivity index (χ4n) is 3.16. The number of rotatable bonds is 14. The van der Waals surface area contributed by atoms with Crippen LogP contribution >= 0.6 is 0 Å². The van der Waals surface area contributed by atoms with Crippen LogP contribution in [-0.2, 0) is 0 Å². The summed E-state index contributed by atoms with van der Waals surface area (Å²) in [6, 6.07) is 6.30. The van der Waals surface area contributed by atoms with E-state index in [1.807, 2.05) is 0 Å². The average Bonchev–Trinajstić information content (AvgIpc) is 2.66. The van der Waals surface area contributed by atoms with E-state index in [4.69, 9.17) is 9.73 Å². The Morgan fingerprint density at radius 1 is 1.04 bits per heavy atom. The van der Waals surface area contributed by atoms with Gasteiger partial charge in [-0.15, -0.1) is 0 Å². The van der Waals surface area contributed by atoms with E-state index in [0.717, 1.165) is 35.6 Å². The van der Waals surface area contributed by atoms with E-state index < -0.39 is 0 Å². The summed E-state index contributed by atoms with van der Waals surface area (Å²) >= 11 is 0. The van der Waals surface area contributed by atoms with Crippen LogP contribution in [0.2, 0.25) is 0 Å². The summed E-state index contributed by atoms with van der Waals surface area (Å²) < 4.78 is 5.98. The summed E-state index contributed by atoms with van der Waals surface area (Å²) in [5.74, 6) is 1.50. The highest BCUT2D eigenvalue weighted by atomic mass is 16.5. The highest BCUT2D eigenvalue weighted by Gasteiger charge is 2.08. The van der Waals surface area contributed by atoms with Gasteiger partial charge in [0.05, 0.1) is 12.3 Å². The number of unbranched alkanes of at least 4 members (excludes halogenated alkanes) is 6. The number of hydrogen-bond donors (Lipinski definition) is 0. The molecule has 0 spiro atoms. The summed E-state index contributed by atoms with van der Waals surface area (Å²) in [4.78, 5) is 4.76. The second-order valence-electron chi connectivity index (χ2n) is 7.84. The summed E-state index contributed by atoms with van der Waals surface area (Å²) in [6.07, 6.45) is 11.4. The van der Waals surface area contributed by atoms with E-state index in [9.17, 15) is 0 Å². The minimum atomic E-state index is 0.516. The topological polar surface area (TPSA) is 21.6 Å². The van der Waals surface area contributed by atoms with E-state index in [0.29, 0.717) is 5.92 Å². The molecule has 1 atom stereocenters. The van der Waals surface area contributed by atoms with Gasteiger partial charge in [-0.2, -0.15) is 0 Å². The molecule has 0 aromatic heterocycles. The third-order valence-electron chi connectivity index (χ3n) is 5.28. The molecule has 0 amide bonds. The second-order valence-corrected chi connectivity index (χ2v) is 7.84. The molecule has 0 aliphatic carbocycles. The third kappa shape index (κ3) is 9.26. The molecule has 1 aromatic rings. The van der Waals surface area contributed by atoms with Gasteiger partial charge >= 0.3 is 0 Å². The van der Waals surface area contributed by atoms with Crippen molar-refractivity contribution >= 4 is 11.4 Å². The zero-order valence-electron chi connectivity index (χ0n) is 18.4. The maximum atomic E-state index is 5.98. The first-order valence-corrected chi connectivity index (χ1v) is 11.0. The lowest BCUT2D eigenvalue weighted by Gasteiger charge is -2.13. The van der Waals surface area contributed by atoms with E-state index in [-0.39, 0.29) is 0 Å². The number of aliphatic imine (C=N–C) groups is 1. The fraction of sp³-hybridized carbons (Fsp3) is 0.640. The Morgan fingerprint density at radius 2 is 1.70 bits per heavy atom. The first-order valence-electron chi connectivity index (χ1n) is 11.0. The molecule has 152 valence electrons. The molecule has 0 fully saturated rings. The van der Waals surface area contributed by atoms with Crippen LogP contribution in [0.4, 0.5) is 0 Å². The molecule has 0 heterocycles. The minimum Gasteiger partial charge on any atom is -0.493 e. The van der Waals surface area contributed by atoms with Gasteiger partial charge < -0.3 is 4.74 Å². The highest BCUT2D eigenvalue weighted by molar-refractivity contribution is 5.89. The van der Waals surface area contributed by atoms with Crippen LogP contribution in [-0.4, -0.2) is 12.3 Å². The Bertz CT molecular complexity index is 588.